The summed E-state index contributed by atoms with van der Waals surface area (Å²) in [5.74, 6) is -2.76. The van der Waals surface area contributed by atoms with E-state index in [4.69, 9.17) is 14.6 Å². The van der Waals surface area contributed by atoms with Gasteiger partial charge in [0.05, 0.1) is 12.1 Å². The minimum atomic E-state index is -5.08. The summed E-state index contributed by atoms with van der Waals surface area (Å²) >= 11 is 1.84. The monoisotopic (exact) mass is 403 g/mol. The highest BCUT2D eigenvalue weighted by molar-refractivity contribution is 7.09. The zero-order valence-corrected chi connectivity index (χ0v) is 15.2. The number of ether oxygens (including phenoxy) is 1. The molecule has 0 saturated carbocycles. The van der Waals surface area contributed by atoms with Crippen LogP contribution in [0.5, 0.6) is 0 Å². The molecule has 0 spiro atoms. The van der Waals surface area contributed by atoms with Gasteiger partial charge in [-0.3, -0.25) is 9.58 Å². The highest BCUT2D eigenvalue weighted by Crippen LogP contribution is 2.36. The average molecular weight is 403 g/mol. The Balaban J connectivity index is 0.000000260. The van der Waals surface area contributed by atoms with Crippen LogP contribution in [0.2, 0.25) is 0 Å². The van der Waals surface area contributed by atoms with E-state index in [1.165, 1.54) is 17.7 Å². The number of carboxylic acid groups (broad SMARTS) is 1. The fraction of sp³-hybridized carbons (Fsp3) is 0.529. The Morgan fingerprint density at radius 2 is 2.15 bits per heavy atom. The number of alkyl halides is 3. The van der Waals surface area contributed by atoms with E-state index < -0.39 is 12.1 Å². The summed E-state index contributed by atoms with van der Waals surface area (Å²) in [7, 11) is 0. The average Bonchev–Trinajstić information content (AvgIpc) is 3.36. The summed E-state index contributed by atoms with van der Waals surface area (Å²) in [4.78, 5) is 12.9. The number of thiophene rings is 1. The quantitative estimate of drug-likeness (QED) is 0.853. The molecule has 2 aromatic rings. The third-order valence-electron chi connectivity index (χ3n) is 4.65. The molecule has 0 aliphatic carbocycles. The maximum Gasteiger partial charge on any atom is 0.490 e. The smallest absolute Gasteiger partial charge is 0.475 e. The van der Waals surface area contributed by atoms with Gasteiger partial charge in [0.25, 0.3) is 0 Å². The van der Waals surface area contributed by atoms with Crippen LogP contribution in [0.25, 0.3) is 0 Å². The molecular weight excluding hydrogens is 383 g/mol. The number of carboxylic acids is 1. The van der Waals surface area contributed by atoms with Gasteiger partial charge in [-0.2, -0.15) is 18.3 Å². The summed E-state index contributed by atoms with van der Waals surface area (Å²) in [6.07, 6.45) is 1.55. The van der Waals surface area contributed by atoms with Crippen molar-refractivity contribution in [3.05, 3.63) is 40.8 Å². The van der Waals surface area contributed by atoms with Crippen LogP contribution in [-0.4, -0.2) is 57.2 Å². The van der Waals surface area contributed by atoms with Gasteiger partial charge in [0, 0.05) is 43.0 Å². The van der Waals surface area contributed by atoms with Crippen LogP contribution in [0.15, 0.2) is 36.0 Å². The molecule has 6 nitrogen and oxygen atoms in total. The molecule has 0 radical (unpaired) electrons. The molecular formula is C17H20F3N3O3S. The van der Waals surface area contributed by atoms with Gasteiger partial charge >= 0.3 is 12.1 Å². The number of carbonyl (C=O) groups is 1. The van der Waals surface area contributed by atoms with Crippen LogP contribution in [0.4, 0.5) is 13.2 Å². The second-order valence-electron chi connectivity index (χ2n) is 6.41. The molecule has 1 N–H and O–H groups in total. The Bertz CT molecular complexity index is 722. The molecule has 2 saturated heterocycles. The van der Waals surface area contributed by atoms with E-state index in [0.717, 1.165) is 19.7 Å². The Kier molecular flexibility index (Phi) is 6.18. The standard InChI is InChI=1S/C15H19N3OS.C2HF3O2/c1-5-13-15(19-8-1)14(18-7-3-6-16-18)11-17(13)10-12-4-2-9-20-12;3-2(4,5)1(6)7/h2-4,6-7,9,13-15H,1,5,8,10-11H2;(H,6,7)/t13-,14-,15+;/m1./s1. The number of aromatic nitrogens is 2. The number of halogens is 3. The predicted molar refractivity (Wildman–Crippen MR) is 92.4 cm³/mol. The minimum Gasteiger partial charge on any atom is -0.475 e. The molecule has 27 heavy (non-hydrogen) atoms. The number of hydrogen-bond acceptors (Lipinski definition) is 5. The fourth-order valence-corrected chi connectivity index (χ4v) is 4.25. The van der Waals surface area contributed by atoms with E-state index in [9.17, 15) is 13.2 Å². The lowest BCUT2D eigenvalue weighted by molar-refractivity contribution is -0.192. The first-order chi connectivity index (χ1) is 12.9. The molecule has 2 fully saturated rings. The lowest BCUT2D eigenvalue weighted by atomic mass is 10.0. The number of hydrogen-bond donors (Lipinski definition) is 1. The number of fused-ring (bicyclic) bond motifs is 1. The van der Waals surface area contributed by atoms with Crippen molar-refractivity contribution in [2.45, 2.75) is 43.8 Å². The number of likely N-dealkylation sites (tertiary alicyclic amines) is 1. The molecule has 148 valence electrons. The number of nitrogens with zero attached hydrogens (tertiary/aromatic N) is 3. The van der Waals surface area contributed by atoms with E-state index in [2.05, 4.69) is 38.4 Å². The molecule has 10 heteroatoms. The molecule has 0 unspecified atom stereocenters. The van der Waals surface area contributed by atoms with Crippen molar-refractivity contribution in [2.24, 2.45) is 0 Å². The first-order valence-electron chi connectivity index (χ1n) is 8.53. The van der Waals surface area contributed by atoms with Crippen molar-refractivity contribution in [2.75, 3.05) is 13.2 Å². The van der Waals surface area contributed by atoms with E-state index in [-0.39, 0.29) is 0 Å². The highest BCUT2D eigenvalue weighted by Gasteiger charge is 2.45. The van der Waals surface area contributed by atoms with Crippen LogP contribution in [-0.2, 0) is 16.1 Å². The zero-order valence-electron chi connectivity index (χ0n) is 14.4. The van der Waals surface area contributed by atoms with E-state index in [0.29, 0.717) is 18.2 Å². The summed E-state index contributed by atoms with van der Waals surface area (Å²) in [5, 5.41) is 13.7. The van der Waals surface area contributed by atoms with Crippen LogP contribution >= 0.6 is 11.3 Å². The molecule has 0 bridgehead atoms. The maximum atomic E-state index is 10.6. The van der Waals surface area contributed by atoms with Crippen molar-refractivity contribution in [3.63, 3.8) is 0 Å². The van der Waals surface area contributed by atoms with Crippen molar-refractivity contribution in [1.29, 1.82) is 0 Å². The normalized spacial score (nSPS) is 25.5. The summed E-state index contributed by atoms with van der Waals surface area (Å²) in [5.41, 5.74) is 0. The molecule has 2 aliphatic rings. The van der Waals surface area contributed by atoms with Crippen molar-refractivity contribution >= 4 is 17.3 Å². The minimum absolute atomic E-state index is 0.295. The van der Waals surface area contributed by atoms with Crippen molar-refractivity contribution < 1.29 is 27.8 Å². The fourth-order valence-electron chi connectivity index (χ4n) is 3.52. The van der Waals surface area contributed by atoms with Gasteiger partial charge in [0.2, 0.25) is 0 Å². The van der Waals surface area contributed by atoms with Gasteiger partial charge in [0.15, 0.2) is 0 Å². The Hall–Kier alpha value is -1.91. The van der Waals surface area contributed by atoms with Crippen LogP contribution in [0.1, 0.15) is 23.8 Å². The Morgan fingerprint density at radius 1 is 1.37 bits per heavy atom. The van der Waals surface area contributed by atoms with Crippen LogP contribution in [0.3, 0.4) is 0 Å². The summed E-state index contributed by atoms with van der Waals surface area (Å²) in [6.45, 7) is 2.97. The number of aliphatic carboxylic acids is 1. The molecule has 2 aliphatic heterocycles. The Morgan fingerprint density at radius 3 is 2.74 bits per heavy atom. The van der Waals surface area contributed by atoms with Crippen molar-refractivity contribution in [3.8, 4) is 0 Å². The first kappa shape index (κ1) is 19.8. The topological polar surface area (TPSA) is 67.6 Å². The lowest BCUT2D eigenvalue weighted by Crippen LogP contribution is -2.40. The molecule has 2 aromatic heterocycles. The van der Waals surface area contributed by atoms with Crippen molar-refractivity contribution in [1.82, 2.24) is 14.7 Å². The number of rotatable bonds is 3. The molecule has 0 aromatic carbocycles. The maximum absolute atomic E-state index is 10.6. The molecule has 3 atom stereocenters. The molecule has 0 amide bonds. The molecule has 4 heterocycles. The summed E-state index contributed by atoms with van der Waals surface area (Å²) < 4.78 is 39.9. The van der Waals surface area contributed by atoms with Gasteiger partial charge in [-0.1, -0.05) is 6.07 Å². The lowest BCUT2D eigenvalue weighted by Gasteiger charge is -2.32. The van der Waals surface area contributed by atoms with Gasteiger partial charge in [0.1, 0.15) is 0 Å². The van der Waals surface area contributed by atoms with Gasteiger partial charge < -0.3 is 9.84 Å². The third-order valence-corrected chi connectivity index (χ3v) is 5.51. The predicted octanol–water partition coefficient (Wildman–Crippen LogP) is 3.18. The largest absolute Gasteiger partial charge is 0.490 e. The van der Waals surface area contributed by atoms with Crippen LogP contribution in [0, 0.1) is 0 Å². The van der Waals surface area contributed by atoms with Gasteiger partial charge in [-0.25, -0.2) is 4.79 Å². The third kappa shape index (κ3) is 4.88. The first-order valence-corrected chi connectivity index (χ1v) is 9.41. The van der Waals surface area contributed by atoms with E-state index in [1.807, 2.05) is 23.6 Å². The second-order valence-corrected chi connectivity index (χ2v) is 7.44. The Labute approximate surface area is 158 Å². The van der Waals surface area contributed by atoms with Crippen LogP contribution < -0.4 is 0 Å². The second kappa shape index (κ2) is 8.41. The zero-order chi connectivity index (χ0) is 19.4. The van der Waals surface area contributed by atoms with E-state index >= 15 is 0 Å². The highest BCUT2D eigenvalue weighted by atomic mass is 32.1. The van der Waals surface area contributed by atoms with E-state index in [1.54, 1.807) is 0 Å². The van der Waals surface area contributed by atoms with Gasteiger partial charge in [-0.15, -0.1) is 11.3 Å². The molecule has 4 rings (SSSR count). The van der Waals surface area contributed by atoms with Gasteiger partial charge in [-0.05, 0) is 30.4 Å². The summed E-state index contributed by atoms with van der Waals surface area (Å²) in [6, 6.07) is 7.26. The SMILES string of the molecule is O=C(O)C(F)(F)F.c1csc(CN2C[C@@H](n3cccn3)[C@H]3OCCC[C@H]32)c1.